The van der Waals surface area contributed by atoms with E-state index < -0.39 is 41.1 Å². The zero-order chi connectivity index (χ0) is 31.8. The normalized spacial score (nSPS) is 35.0. The van der Waals surface area contributed by atoms with Crippen LogP contribution in [0.2, 0.25) is 0 Å². The van der Waals surface area contributed by atoms with Crippen molar-refractivity contribution in [1.29, 1.82) is 0 Å². The minimum Gasteiger partial charge on any atom is -0.438 e. The first kappa shape index (κ1) is 33.2. The third kappa shape index (κ3) is 6.15. The summed E-state index contributed by atoms with van der Waals surface area (Å²) in [5, 5.41) is 11.8. The van der Waals surface area contributed by atoms with Gasteiger partial charge >= 0.3 is 12.3 Å². The molecule has 240 valence electrons. The van der Waals surface area contributed by atoms with Gasteiger partial charge in [0.05, 0.1) is 19.8 Å². The van der Waals surface area contributed by atoms with Gasteiger partial charge in [0.1, 0.15) is 24.6 Å². The van der Waals surface area contributed by atoms with E-state index in [0.29, 0.717) is 12.8 Å². The van der Waals surface area contributed by atoms with Crippen LogP contribution in [0.25, 0.3) is 0 Å². The molecule has 4 aliphatic carbocycles. The summed E-state index contributed by atoms with van der Waals surface area (Å²) in [4.78, 5) is 37.2. The second-order valence-electron chi connectivity index (χ2n) is 13.6. The highest BCUT2D eigenvalue weighted by Crippen LogP contribution is 2.66. The average Bonchev–Trinajstić information content (AvgIpc) is 3.33. The fourth-order valence-electron chi connectivity index (χ4n) is 8.41. The molecule has 1 N–H and O–H groups in total. The number of methoxy groups -OCH3 is 3. The molecule has 0 spiro atoms. The standard InChI is InChI=1S/C33H48O10/c1-30(2,41-19-38-6)26(34)14-16-32(4,37)25-12-11-23-22-10-9-20-17-21(42-28(35)39-7)18-27(43-29(36)40-8)33(20,5)24(22)13-15-31(23,25)3/h9-10,14,16,21,23-25,27,37H,11-13,15,17-19H2,1-8H3/b16-14+/t21-,23+,24+,25+,27+,31+,32+,33+/m1/s1. The number of fused-ring (bicyclic) bond motifs is 5. The first-order chi connectivity index (χ1) is 20.1. The van der Waals surface area contributed by atoms with E-state index in [4.69, 9.17) is 28.4 Å². The third-order valence-corrected chi connectivity index (χ3v) is 10.8. The summed E-state index contributed by atoms with van der Waals surface area (Å²) >= 11 is 0. The van der Waals surface area contributed by atoms with E-state index in [-0.39, 0.29) is 35.7 Å². The minimum absolute atomic E-state index is 0.00118. The highest BCUT2D eigenvalue weighted by atomic mass is 16.7. The lowest BCUT2D eigenvalue weighted by Gasteiger charge is -2.57. The molecule has 0 bridgehead atoms. The second kappa shape index (κ2) is 12.4. The Morgan fingerprint density at radius 1 is 0.977 bits per heavy atom. The number of carbonyl (C=O) groups is 3. The molecule has 0 heterocycles. The van der Waals surface area contributed by atoms with Gasteiger partial charge in [-0.25, -0.2) is 9.59 Å². The summed E-state index contributed by atoms with van der Waals surface area (Å²) in [7, 11) is 4.05. The maximum Gasteiger partial charge on any atom is 0.508 e. The van der Waals surface area contributed by atoms with Gasteiger partial charge in [0, 0.05) is 25.4 Å². The maximum atomic E-state index is 12.9. The Morgan fingerprint density at radius 3 is 2.30 bits per heavy atom. The Labute approximate surface area is 254 Å². The first-order valence-electron chi connectivity index (χ1n) is 15.1. The van der Waals surface area contributed by atoms with E-state index in [0.717, 1.165) is 31.3 Å². The molecule has 43 heavy (non-hydrogen) atoms. The quantitative estimate of drug-likeness (QED) is 0.200. The molecule has 0 unspecified atom stereocenters. The number of hydrogen-bond donors (Lipinski definition) is 1. The van der Waals surface area contributed by atoms with Crippen molar-refractivity contribution < 1.29 is 47.9 Å². The van der Waals surface area contributed by atoms with Crippen molar-refractivity contribution in [3.8, 4) is 0 Å². The first-order valence-corrected chi connectivity index (χ1v) is 15.1. The average molecular weight is 605 g/mol. The summed E-state index contributed by atoms with van der Waals surface area (Å²) in [6.45, 7) is 9.57. The van der Waals surface area contributed by atoms with Gasteiger partial charge in [-0.3, -0.25) is 4.79 Å². The Kier molecular flexibility index (Phi) is 9.55. The topological polar surface area (TPSA) is 127 Å². The van der Waals surface area contributed by atoms with Gasteiger partial charge < -0.3 is 33.5 Å². The molecule has 0 saturated heterocycles. The molecular formula is C33H48O10. The Hall–Kier alpha value is -2.69. The van der Waals surface area contributed by atoms with Crippen LogP contribution in [0.5, 0.6) is 0 Å². The van der Waals surface area contributed by atoms with Crippen molar-refractivity contribution in [2.24, 2.45) is 28.6 Å². The molecular weight excluding hydrogens is 556 g/mol. The van der Waals surface area contributed by atoms with Gasteiger partial charge in [0.2, 0.25) is 0 Å². The predicted octanol–water partition coefficient (Wildman–Crippen LogP) is 5.67. The van der Waals surface area contributed by atoms with Crippen LogP contribution < -0.4 is 0 Å². The van der Waals surface area contributed by atoms with Gasteiger partial charge in [0.15, 0.2) is 5.78 Å². The van der Waals surface area contributed by atoms with Crippen molar-refractivity contribution >= 4 is 18.1 Å². The molecule has 4 aliphatic rings. The summed E-state index contributed by atoms with van der Waals surface area (Å²) < 4.78 is 31.4. The highest BCUT2D eigenvalue weighted by Gasteiger charge is 2.61. The summed E-state index contributed by atoms with van der Waals surface area (Å²) in [6, 6.07) is 0. The Bertz CT molecular complexity index is 1180. The monoisotopic (exact) mass is 604 g/mol. The SMILES string of the molecule is COCOC(C)(C)C(=O)/C=C/[C@](C)(O)[C@H]1CC[C@H]2C3=CC=C4C[C@@H](OC(=O)OC)C[C@H](OC(=O)OC)[C@]4(C)[C@H]3CC[C@@]21C. The minimum atomic E-state index is -1.21. The van der Waals surface area contributed by atoms with Crippen LogP contribution in [-0.2, 0) is 33.2 Å². The molecule has 0 aromatic carbocycles. The van der Waals surface area contributed by atoms with Gasteiger partial charge in [-0.05, 0) is 81.8 Å². The van der Waals surface area contributed by atoms with Crippen LogP contribution >= 0.6 is 0 Å². The van der Waals surface area contributed by atoms with E-state index in [9.17, 15) is 19.5 Å². The summed E-state index contributed by atoms with van der Waals surface area (Å²) in [5.74, 6) is 0.0187. The molecule has 0 aromatic rings. The van der Waals surface area contributed by atoms with E-state index in [1.165, 1.54) is 33.0 Å². The fraction of sp³-hybridized carbons (Fsp3) is 0.727. The lowest BCUT2D eigenvalue weighted by atomic mass is 9.49. The Morgan fingerprint density at radius 2 is 1.65 bits per heavy atom. The number of ketones is 1. The smallest absolute Gasteiger partial charge is 0.438 e. The molecule has 0 aromatic heterocycles. The van der Waals surface area contributed by atoms with E-state index in [1.807, 2.05) is 0 Å². The molecule has 8 atom stereocenters. The zero-order valence-electron chi connectivity index (χ0n) is 26.8. The van der Waals surface area contributed by atoms with Crippen molar-refractivity contribution in [2.45, 2.75) is 96.6 Å². The van der Waals surface area contributed by atoms with Gasteiger partial charge in [-0.15, -0.1) is 0 Å². The number of rotatable bonds is 9. The number of allylic oxidation sites excluding steroid dienone is 3. The zero-order valence-corrected chi connectivity index (χ0v) is 26.8. The second-order valence-corrected chi connectivity index (χ2v) is 13.6. The largest absolute Gasteiger partial charge is 0.508 e. The third-order valence-electron chi connectivity index (χ3n) is 10.8. The van der Waals surface area contributed by atoms with Crippen LogP contribution in [0.15, 0.2) is 35.5 Å². The summed E-state index contributed by atoms with van der Waals surface area (Å²) in [5.41, 5.74) is -0.607. The van der Waals surface area contributed by atoms with Crippen molar-refractivity contribution in [3.63, 3.8) is 0 Å². The van der Waals surface area contributed by atoms with E-state index in [2.05, 4.69) is 26.0 Å². The van der Waals surface area contributed by atoms with Crippen molar-refractivity contribution in [2.75, 3.05) is 28.1 Å². The molecule has 10 heteroatoms. The van der Waals surface area contributed by atoms with E-state index in [1.54, 1.807) is 26.8 Å². The molecule has 0 radical (unpaired) electrons. The van der Waals surface area contributed by atoms with Gasteiger partial charge in [-0.2, -0.15) is 0 Å². The summed E-state index contributed by atoms with van der Waals surface area (Å²) in [6.07, 6.45) is 9.06. The van der Waals surface area contributed by atoms with Crippen LogP contribution in [0.4, 0.5) is 9.59 Å². The molecule has 3 fully saturated rings. The predicted molar refractivity (Wildman–Crippen MR) is 157 cm³/mol. The lowest BCUT2D eigenvalue weighted by molar-refractivity contribution is -0.151. The van der Waals surface area contributed by atoms with E-state index >= 15 is 0 Å². The van der Waals surface area contributed by atoms with Crippen LogP contribution in [0.1, 0.15) is 73.1 Å². The maximum absolute atomic E-state index is 12.9. The number of ether oxygens (including phenoxy) is 6. The highest BCUT2D eigenvalue weighted by molar-refractivity contribution is 5.96. The number of carbonyl (C=O) groups excluding carboxylic acids is 3. The molecule has 3 saturated carbocycles. The molecule has 10 nitrogen and oxygen atoms in total. The van der Waals surface area contributed by atoms with Crippen molar-refractivity contribution in [3.05, 3.63) is 35.5 Å². The van der Waals surface area contributed by atoms with Gasteiger partial charge in [0.25, 0.3) is 0 Å². The molecule has 0 amide bonds. The van der Waals surface area contributed by atoms with Crippen molar-refractivity contribution in [1.82, 2.24) is 0 Å². The van der Waals surface area contributed by atoms with Crippen LogP contribution in [-0.4, -0.2) is 74.7 Å². The van der Waals surface area contributed by atoms with Crippen LogP contribution in [0, 0.1) is 28.6 Å². The Balaban J connectivity index is 1.61. The van der Waals surface area contributed by atoms with Gasteiger partial charge in [-0.1, -0.05) is 37.1 Å². The lowest BCUT2D eigenvalue weighted by Crippen LogP contribution is -2.55. The number of hydrogen-bond acceptors (Lipinski definition) is 10. The van der Waals surface area contributed by atoms with Crippen LogP contribution in [0.3, 0.4) is 0 Å². The number of aliphatic hydroxyl groups is 1. The molecule has 4 rings (SSSR count). The fourth-order valence-corrected chi connectivity index (χ4v) is 8.41. The molecule has 0 aliphatic heterocycles.